The molecule has 0 N–H and O–H groups in total. The lowest BCUT2D eigenvalue weighted by Gasteiger charge is -2.35. The van der Waals surface area contributed by atoms with E-state index in [-0.39, 0.29) is 0 Å². The van der Waals surface area contributed by atoms with E-state index < -0.39 is 0 Å². The largest absolute Gasteiger partial charge is 0.497 e. The number of methoxy groups -OCH3 is 1. The van der Waals surface area contributed by atoms with Crippen LogP contribution in [-0.2, 0) is 13.1 Å². The minimum absolute atomic E-state index is 0.628. The molecular weight excluding hydrogens is 446 g/mol. The van der Waals surface area contributed by atoms with Crippen LogP contribution in [0.4, 0.5) is 5.82 Å². The van der Waals surface area contributed by atoms with Crippen LogP contribution in [0.2, 0.25) is 5.02 Å². The van der Waals surface area contributed by atoms with Gasteiger partial charge in [-0.2, -0.15) is 5.10 Å². The zero-order valence-electron chi connectivity index (χ0n) is 20.4. The van der Waals surface area contributed by atoms with Crippen LogP contribution in [0, 0.1) is 6.92 Å². The summed E-state index contributed by atoms with van der Waals surface area (Å²) in [4.78, 5) is 7.52. The predicted octanol–water partition coefficient (Wildman–Crippen LogP) is 4.76. The van der Waals surface area contributed by atoms with Crippen molar-refractivity contribution < 1.29 is 4.74 Å². The zero-order chi connectivity index (χ0) is 23.7. The van der Waals surface area contributed by atoms with Crippen molar-refractivity contribution in [2.75, 3.05) is 45.2 Å². The Morgan fingerprint density at radius 1 is 1.03 bits per heavy atom. The molecule has 0 unspecified atom stereocenters. The second kappa shape index (κ2) is 9.98. The van der Waals surface area contributed by atoms with Gasteiger partial charge in [0.2, 0.25) is 0 Å². The minimum atomic E-state index is 0.628. The Morgan fingerprint density at radius 2 is 1.76 bits per heavy atom. The van der Waals surface area contributed by atoms with Crippen molar-refractivity contribution in [1.29, 1.82) is 0 Å². The molecule has 2 heterocycles. The van der Waals surface area contributed by atoms with Crippen LogP contribution < -0.4 is 9.64 Å². The van der Waals surface area contributed by atoms with E-state index in [4.69, 9.17) is 21.4 Å². The predicted molar refractivity (Wildman–Crippen MR) is 138 cm³/mol. The van der Waals surface area contributed by atoms with E-state index in [9.17, 15) is 0 Å². The Labute approximate surface area is 207 Å². The first kappa shape index (κ1) is 23.2. The number of hydrogen-bond acceptors (Lipinski definition) is 5. The van der Waals surface area contributed by atoms with Gasteiger partial charge in [0.1, 0.15) is 11.6 Å². The summed E-state index contributed by atoms with van der Waals surface area (Å²) in [7, 11) is 3.90. The Balaban J connectivity index is 1.50. The van der Waals surface area contributed by atoms with E-state index in [1.165, 1.54) is 29.8 Å². The van der Waals surface area contributed by atoms with Gasteiger partial charge in [-0.15, -0.1) is 0 Å². The molecule has 2 fully saturated rings. The molecule has 0 amide bonds. The van der Waals surface area contributed by atoms with E-state index in [1.807, 2.05) is 24.3 Å². The average Bonchev–Trinajstić information content (AvgIpc) is 3.64. The second-order valence-corrected chi connectivity index (χ2v) is 9.99. The van der Waals surface area contributed by atoms with E-state index in [0.717, 1.165) is 61.4 Å². The topological polar surface area (TPSA) is 36.8 Å². The maximum absolute atomic E-state index is 6.29. The van der Waals surface area contributed by atoms with Crippen LogP contribution >= 0.6 is 11.6 Å². The van der Waals surface area contributed by atoms with Crippen LogP contribution in [0.3, 0.4) is 0 Å². The van der Waals surface area contributed by atoms with Crippen molar-refractivity contribution in [2.45, 2.75) is 38.9 Å². The van der Waals surface area contributed by atoms with Gasteiger partial charge in [-0.25, -0.2) is 4.68 Å². The summed E-state index contributed by atoms with van der Waals surface area (Å²) in [5.41, 5.74) is 4.76. The highest BCUT2D eigenvalue weighted by molar-refractivity contribution is 6.30. The quantitative estimate of drug-likeness (QED) is 0.465. The van der Waals surface area contributed by atoms with Crippen LogP contribution in [0.15, 0.2) is 48.5 Å². The number of benzene rings is 2. The smallest absolute Gasteiger partial charge is 0.137 e. The number of nitrogens with zero attached hydrogens (tertiary/aromatic N) is 5. The summed E-state index contributed by atoms with van der Waals surface area (Å²) in [6, 6.07) is 17.1. The van der Waals surface area contributed by atoms with Crippen molar-refractivity contribution in [3.63, 3.8) is 0 Å². The van der Waals surface area contributed by atoms with Gasteiger partial charge in [0.05, 0.1) is 18.5 Å². The molecule has 3 aromatic rings. The molecule has 2 aliphatic rings. The fourth-order valence-electron chi connectivity index (χ4n) is 4.81. The van der Waals surface area contributed by atoms with Gasteiger partial charge in [-0.1, -0.05) is 23.7 Å². The van der Waals surface area contributed by atoms with Gasteiger partial charge in [-0.3, -0.25) is 4.90 Å². The number of ether oxygens (including phenoxy) is 1. The number of likely N-dealkylation sites (N-methyl/N-ethyl adjacent to an activating group) is 1. The number of halogens is 1. The molecule has 34 heavy (non-hydrogen) atoms. The highest BCUT2D eigenvalue weighted by Gasteiger charge is 2.32. The fourth-order valence-corrected chi connectivity index (χ4v) is 5.02. The molecule has 1 aromatic heterocycles. The molecule has 1 aliphatic heterocycles. The van der Waals surface area contributed by atoms with Gasteiger partial charge < -0.3 is 14.5 Å². The van der Waals surface area contributed by atoms with E-state index in [2.05, 4.69) is 57.6 Å². The second-order valence-electron chi connectivity index (χ2n) is 9.55. The summed E-state index contributed by atoms with van der Waals surface area (Å²) in [6.45, 7) is 8.06. The number of anilines is 1. The van der Waals surface area contributed by atoms with Crippen LogP contribution in [0.5, 0.6) is 5.75 Å². The third-order valence-electron chi connectivity index (χ3n) is 6.98. The first-order chi connectivity index (χ1) is 16.5. The van der Waals surface area contributed by atoms with Gasteiger partial charge in [-0.05, 0) is 68.8 Å². The molecule has 180 valence electrons. The lowest BCUT2D eigenvalue weighted by molar-refractivity contribution is 0.245. The molecule has 1 saturated carbocycles. The van der Waals surface area contributed by atoms with Gasteiger partial charge in [0.25, 0.3) is 0 Å². The van der Waals surface area contributed by atoms with Crippen molar-refractivity contribution in [1.82, 2.24) is 19.6 Å². The first-order valence-corrected chi connectivity index (χ1v) is 12.5. The Kier molecular flexibility index (Phi) is 6.82. The highest BCUT2D eigenvalue weighted by Crippen LogP contribution is 2.35. The summed E-state index contributed by atoms with van der Waals surface area (Å²) in [6.07, 6.45) is 2.52. The first-order valence-electron chi connectivity index (χ1n) is 12.2. The Morgan fingerprint density at radius 3 is 2.41 bits per heavy atom. The van der Waals surface area contributed by atoms with Gasteiger partial charge in [0.15, 0.2) is 0 Å². The van der Waals surface area contributed by atoms with Crippen molar-refractivity contribution >= 4 is 17.4 Å². The molecule has 0 radical (unpaired) electrons. The average molecular weight is 480 g/mol. The molecule has 6 nitrogen and oxygen atoms in total. The number of aromatic nitrogens is 2. The monoisotopic (exact) mass is 479 g/mol. The molecule has 5 rings (SSSR count). The molecule has 0 spiro atoms. The van der Waals surface area contributed by atoms with Crippen molar-refractivity contribution in [3.8, 4) is 11.4 Å². The molecular formula is C27H34ClN5O. The fraction of sp³-hybridized carbons (Fsp3) is 0.444. The number of rotatable bonds is 8. The van der Waals surface area contributed by atoms with Crippen LogP contribution in [0.1, 0.15) is 29.7 Å². The lowest BCUT2D eigenvalue weighted by Crippen LogP contribution is -2.45. The summed E-state index contributed by atoms with van der Waals surface area (Å²) < 4.78 is 7.52. The number of aryl methyl sites for hydroxylation is 1. The lowest BCUT2D eigenvalue weighted by atomic mass is 10.1. The summed E-state index contributed by atoms with van der Waals surface area (Å²) in [5, 5.41) is 5.86. The molecule has 7 heteroatoms. The van der Waals surface area contributed by atoms with E-state index in [0.29, 0.717) is 6.04 Å². The summed E-state index contributed by atoms with van der Waals surface area (Å²) in [5.74, 6) is 2.09. The van der Waals surface area contributed by atoms with E-state index in [1.54, 1.807) is 7.11 Å². The molecule has 0 bridgehead atoms. The number of piperazine rings is 1. The van der Waals surface area contributed by atoms with Crippen LogP contribution in [-0.4, -0.2) is 66.0 Å². The van der Waals surface area contributed by atoms with Crippen molar-refractivity contribution in [2.24, 2.45) is 0 Å². The summed E-state index contributed by atoms with van der Waals surface area (Å²) >= 11 is 6.29. The Hall–Kier alpha value is -2.54. The highest BCUT2D eigenvalue weighted by atomic mass is 35.5. The van der Waals surface area contributed by atoms with E-state index >= 15 is 0 Å². The Bertz CT molecular complexity index is 1120. The standard InChI is InChI=1S/C27H34ClN5O/c1-20-26(19-32(23-7-8-23)18-21-5-4-6-22(28)17-21)27(31-15-13-30(2)14-16-31)33(29-20)24-9-11-25(34-3)12-10-24/h4-6,9-12,17,23H,7-8,13-16,18-19H2,1-3H3. The van der Waals surface area contributed by atoms with Crippen LogP contribution in [0.25, 0.3) is 5.69 Å². The third kappa shape index (κ3) is 5.09. The maximum atomic E-state index is 6.29. The molecule has 1 saturated heterocycles. The zero-order valence-corrected chi connectivity index (χ0v) is 21.1. The molecule has 0 atom stereocenters. The number of hydrogen-bond donors (Lipinski definition) is 0. The minimum Gasteiger partial charge on any atom is -0.497 e. The third-order valence-corrected chi connectivity index (χ3v) is 7.21. The molecule has 1 aliphatic carbocycles. The molecule has 2 aromatic carbocycles. The van der Waals surface area contributed by atoms with Crippen molar-refractivity contribution in [3.05, 3.63) is 70.4 Å². The van der Waals surface area contributed by atoms with Gasteiger partial charge >= 0.3 is 0 Å². The maximum Gasteiger partial charge on any atom is 0.137 e. The normalized spacial score (nSPS) is 16.9. The SMILES string of the molecule is COc1ccc(-n2nc(C)c(CN(Cc3cccc(Cl)c3)C3CC3)c2N2CCN(C)CC2)cc1. The van der Waals surface area contributed by atoms with Gasteiger partial charge in [0, 0.05) is 55.9 Å².